The van der Waals surface area contributed by atoms with E-state index in [4.69, 9.17) is 14.2 Å². The molecule has 1 aliphatic rings. The fourth-order valence-corrected chi connectivity index (χ4v) is 4.10. The summed E-state index contributed by atoms with van der Waals surface area (Å²) in [5.74, 6) is -2.51. The van der Waals surface area contributed by atoms with Crippen LogP contribution >= 0.6 is 11.8 Å². The van der Waals surface area contributed by atoms with Gasteiger partial charge in [-0.3, -0.25) is 4.72 Å². The van der Waals surface area contributed by atoms with Gasteiger partial charge in [0.15, 0.2) is 22.6 Å². The van der Waals surface area contributed by atoms with Crippen LogP contribution in [0.1, 0.15) is 26.3 Å². The molecule has 2 aromatic rings. The standard InChI is InChI=1S/C19H23F2N3O5S2/c1-11(14-9-27-19(2,3)29-14)28-16-8-15(24-31(4,25)26)22-18(23-16)30-10-12-6-5-7-13(20)17(12)21/h5-8,11,14H,9-10H2,1-4H3,(H,22,23,24)/t11-,14-/m1/s1. The third-order valence-electron chi connectivity index (χ3n) is 4.22. The molecule has 0 amide bonds. The summed E-state index contributed by atoms with van der Waals surface area (Å²) in [6.07, 6.45) is 0.175. The number of ether oxygens (including phenoxy) is 3. The van der Waals surface area contributed by atoms with Gasteiger partial charge in [-0.05, 0) is 26.8 Å². The van der Waals surface area contributed by atoms with Crippen LogP contribution in [0.4, 0.5) is 14.6 Å². The van der Waals surface area contributed by atoms with Gasteiger partial charge in [-0.1, -0.05) is 23.9 Å². The van der Waals surface area contributed by atoms with Crippen LogP contribution in [0.15, 0.2) is 29.4 Å². The predicted molar refractivity (Wildman–Crippen MR) is 111 cm³/mol. The second kappa shape index (κ2) is 9.23. The molecule has 0 aliphatic carbocycles. The average Bonchev–Trinajstić information content (AvgIpc) is 3.01. The number of benzene rings is 1. The molecule has 0 bridgehead atoms. The van der Waals surface area contributed by atoms with E-state index in [0.29, 0.717) is 6.61 Å². The van der Waals surface area contributed by atoms with Crippen molar-refractivity contribution in [3.63, 3.8) is 0 Å². The van der Waals surface area contributed by atoms with E-state index in [1.807, 2.05) is 0 Å². The molecule has 1 aromatic carbocycles. The Hall–Kier alpha value is -2.02. The van der Waals surface area contributed by atoms with Gasteiger partial charge < -0.3 is 14.2 Å². The number of thioether (sulfide) groups is 1. The molecule has 2 atom stereocenters. The maximum atomic E-state index is 13.9. The van der Waals surface area contributed by atoms with Crippen molar-refractivity contribution in [2.75, 3.05) is 17.6 Å². The lowest BCUT2D eigenvalue weighted by Crippen LogP contribution is -2.33. The number of halogens is 2. The second-order valence-electron chi connectivity index (χ2n) is 7.44. The van der Waals surface area contributed by atoms with E-state index in [1.54, 1.807) is 20.8 Å². The Kier molecular flexibility index (Phi) is 7.04. The number of aromatic nitrogens is 2. The van der Waals surface area contributed by atoms with Crippen molar-refractivity contribution in [2.24, 2.45) is 0 Å². The topological polar surface area (TPSA) is 99.6 Å². The van der Waals surface area contributed by atoms with Crippen LogP contribution in [0.3, 0.4) is 0 Å². The van der Waals surface area contributed by atoms with Gasteiger partial charge in [-0.25, -0.2) is 22.2 Å². The van der Waals surface area contributed by atoms with E-state index in [1.165, 1.54) is 18.2 Å². The van der Waals surface area contributed by atoms with E-state index >= 15 is 0 Å². The molecule has 1 saturated heterocycles. The zero-order chi connectivity index (χ0) is 22.8. The van der Waals surface area contributed by atoms with Gasteiger partial charge >= 0.3 is 0 Å². The van der Waals surface area contributed by atoms with Gasteiger partial charge in [-0.2, -0.15) is 4.98 Å². The van der Waals surface area contributed by atoms with Crippen molar-refractivity contribution in [2.45, 2.75) is 49.7 Å². The number of hydrogen-bond donors (Lipinski definition) is 1. The normalized spacial score (nSPS) is 19.2. The minimum atomic E-state index is -3.61. The molecule has 1 fully saturated rings. The molecule has 170 valence electrons. The molecule has 0 radical (unpaired) electrons. The highest BCUT2D eigenvalue weighted by atomic mass is 32.2. The third kappa shape index (κ3) is 6.73. The quantitative estimate of drug-likeness (QED) is 0.459. The molecule has 1 aromatic heterocycles. The lowest BCUT2D eigenvalue weighted by Gasteiger charge is -2.22. The number of nitrogens with one attached hydrogen (secondary N) is 1. The van der Waals surface area contributed by atoms with Gasteiger partial charge in [0.2, 0.25) is 15.9 Å². The highest BCUT2D eigenvalue weighted by Crippen LogP contribution is 2.29. The highest BCUT2D eigenvalue weighted by molar-refractivity contribution is 7.98. The number of nitrogens with zero attached hydrogens (tertiary/aromatic N) is 2. The fraction of sp³-hybridized carbons (Fsp3) is 0.474. The van der Waals surface area contributed by atoms with E-state index < -0.39 is 33.5 Å². The van der Waals surface area contributed by atoms with Gasteiger partial charge in [0.25, 0.3) is 0 Å². The summed E-state index contributed by atoms with van der Waals surface area (Å²) >= 11 is 1.01. The zero-order valence-electron chi connectivity index (χ0n) is 17.4. The summed E-state index contributed by atoms with van der Waals surface area (Å²) in [6.45, 7) is 5.68. The Balaban J connectivity index is 1.80. The smallest absolute Gasteiger partial charge is 0.230 e. The summed E-state index contributed by atoms with van der Waals surface area (Å²) in [5.41, 5.74) is 0.129. The van der Waals surface area contributed by atoms with Crippen molar-refractivity contribution >= 4 is 27.6 Å². The van der Waals surface area contributed by atoms with Gasteiger partial charge in [0, 0.05) is 17.4 Å². The fourth-order valence-electron chi connectivity index (χ4n) is 2.79. The molecule has 12 heteroatoms. The van der Waals surface area contributed by atoms with Gasteiger partial charge in [0.1, 0.15) is 18.0 Å². The van der Waals surface area contributed by atoms with Crippen LogP contribution in [0.5, 0.6) is 5.88 Å². The van der Waals surface area contributed by atoms with E-state index in [9.17, 15) is 17.2 Å². The molecule has 31 heavy (non-hydrogen) atoms. The number of anilines is 1. The highest BCUT2D eigenvalue weighted by Gasteiger charge is 2.37. The molecule has 0 spiro atoms. The van der Waals surface area contributed by atoms with Crippen LogP contribution in [0.2, 0.25) is 0 Å². The molecule has 2 heterocycles. The molecule has 1 aliphatic heterocycles. The zero-order valence-corrected chi connectivity index (χ0v) is 19.0. The molecule has 0 saturated carbocycles. The lowest BCUT2D eigenvalue weighted by atomic mass is 10.2. The molecular formula is C19H23F2N3O5S2. The molecule has 1 N–H and O–H groups in total. The van der Waals surface area contributed by atoms with Crippen molar-refractivity contribution in [1.29, 1.82) is 0 Å². The van der Waals surface area contributed by atoms with Crippen LogP contribution in [0.25, 0.3) is 0 Å². The molecule has 8 nitrogen and oxygen atoms in total. The average molecular weight is 476 g/mol. The second-order valence-corrected chi connectivity index (χ2v) is 10.1. The summed E-state index contributed by atoms with van der Waals surface area (Å²) in [4.78, 5) is 8.38. The van der Waals surface area contributed by atoms with Crippen molar-refractivity contribution < 1.29 is 31.4 Å². The molecule has 0 unspecified atom stereocenters. The monoisotopic (exact) mass is 475 g/mol. The first-order valence-corrected chi connectivity index (χ1v) is 12.2. The summed E-state index contributed by atoms with van der Waals surface area (Å²) in [7, 11) is -3.61. The van der Waals surface area contributed by atoms with Gasteiger partial charge in [-0.15, -0.1) is 0 Å². The SMILES string of the molecule is C[C@@H](Oc1cc(NS(C)(=O)=O)nc(SCc2cccc(F)c2F)n1)[C@H]1COC(C)(C)O1. The van der Waals surface area contributed by atoms with Crippen molar-refractivity contribution in [1.82, 2.24) is 9.97 Å². The Morgan fingerprint density at radius 2 is 2.10 bits per heavy atom. The van der Waals surface area contributed by atoms with Crippen LogP contribution in [-0.4, -0.2) is 49.2 Å². The minimum Gasteiger partial charge on any atom is -0.472 e. The first-order valence-electron chi connectivity index (χ1n) is 9.33. The van der Waals surface area contributed by atoms with Crippen molar-refractivity contribution in [3.05, 3.63) is 41.5 Å². The maximum Gasteiger partial charge on any atom is 0.230 e. The van der Waals surface area contributed by atoms with Crippen molar-refractivity contribution in [3.8, 4) is 5.88 Å². The first-order chi connectivity index (χ1) is 14.4. The Labute approximate surface area is 183 Å². The van der Waals surface area contributed by atoms with Crippen LogP contribution in [-0.2, 0) is 25.2 Å². The van der Waals surface area contributed by atoms with E-state index in [0.717, 1.165) is 24.1 Å². The number of sulfonamides is 1. The van der Waals surface area contributed by atoms with Crippen LogP contribution < -0.4 is 9.46 Å². The lowest BCUT2D eigenvalue weighted by molar-refractivity contribution is -0.147. The minimum absolute atomic E-state index is 0.00849. The first kappa shape index (κ1) is 23.6. The van der Waals surface area contributed by atoms with E-state index in [2.05, 4.69) is 14.7 Å². The van der Waals surface area contributed by atoms with Crippen LogP contribution in [0, 0.1) is 11.6 Å². The van der Waals surface area contributed by atoms with E-state index in [-0.39, 0.29) is 34.3 Å². The Morgan fingerprint density at radius 1 is 1.35 bits per heavy atom. The maximum absolute atomic E-state index is 13.9. The number of hydrogen-bond acceptors (Lipinski definition) is 8. The predicted octanol–water partition coefficient (Wildman–Crippen LogP) is 3.34. The Morgan fingerprint density at radius 3 is 2.74 bits per heavy atom. The summed E-state index contributed by atoms with van der Waals surface area (Å²) in [5, 5.41) is 0.128. The third-order valence-corrected chi connectivity index (χ3v) is 5.70. The summed E-state index contributed by atoms with van der Waals surface area (Å²) < 4.78 is 70.1. The Bertz CT molecular complexity index is 1050. The largest absolute Gasteiger partial charge is 0.472 e. The van der Waals surface area contributed by atoms with Gasteiger partial charge in [0.05, 0.1) is 12.9 Å². The number of rotatable bonds is 8. The molecule has 3 rings (SSSR count). The summed E-state index contributed by atoms with van der Waals surface area (Å²) in [6, 6.07) is 5.21. The molecular weight excluding hydrogens is 452 g/mol.